The Morgan fingerprint density at radius 1 is 1.63 bits per heavy atom. The zero-order valence-electron chi connectivity index (χ0n) is 10.7. The summed E-state index contributed by atoms with van der Waals surface area (Å²) in [6.45, 7) is 2.02. The highest BCUT2D eigenvalue weighted by atomic mass is 35.5. The molecule has 0 aliphatic rings. The lowest BCUT2D eigenvalue weighted by Crippen LogP contribution is -1.98. The third-order valence-corrected chi connectivity index (χ3v) is 3.77. The minimum Gasteiger partial charge on any atom is -0.465 e. The van der Waals surface area contributed by atoms with E-state index in [-0.39, 0.29) is 10.0 Å². The average molecular weight is 301 g/mol. The molecule has 0 saturated carbocycles. The van der Waals surface area contributed by atoms with Crippen molar-refractivity contribution in [2.24, 2.45) is 7.05 Å². The molecular formula is C11H13ClN4O2S. The quantitative estimate of drug-likeness (QED) is 0.879. The van der Waals surface area contributed by atoms with Gasteiger partial charge in [-0.3, -0.25) is 4.68 Å². The van der Waals surface area contributed by atoms with Crippen molar-refractivity contribution in [3.63, 3.8) is 0 Å². The number of thiazole rings is 1. The normalized spacial score (nSPS) is 10.5. The Morgan fingerprint density at radius 3 is 3.00 bits per heavy atom. The number of rotatable bonds is 4. The van der Waals surface area contributed by atoms with Crippen LogP contribution in [0.1, 0.15) is 22.3 Å². The molecule has 0 atom stereocenters. The number of carbonyl (C=O) groups is 1. The van der Waals surface area contributed by atoms with Gasteiger partial charge in [-0.25, -0.2) is 9.78 Å². The second-order valence-corrected chi connectivity index (χ2v) is 5.13. The molecule has 0 saturated heterocycles. The minimum absolute atomic E-state index is 0.140. The fraction of sp³-hybridized carbons (Fsp3) is 0.364. The van der Waals surface area contributed by atoms with Crippen molar-refractivity contribution in [2.45, 2.75) is 13.3 Å². The second-order valence-electron chi connectivity index (χ2n) is 3.77. The number of carbonyl (C=O) groups excluding carboxylic acids is 1. The van der Waals surface area contributed by atoms with E-state index in [0.717, 1.165) is 29.1 Å². The molecule has 0 aromatic carbocycles. The average Bonchev–Trinajstić information content (AvgIpc) is 2.91. The van der Waals surface area contributed by atoms with Crippen molar-refractivity contribution < 1.29 is 9.53 Å². The van der Waals surface area contributed by atoms with Crippen LogP contribution in [-0.4, -0.2) is 27.8 Å². The van der Waals surface area contributed by atoms with E-state index in [4.69, 9.17) is 11.6 Å². The van der Waals surface area contributed by atoms with Crippen LogP contribution in [0.2, 0.25) is 5.15 Å². The molecule has 0 spiro atoms. The van der Waals surface area contributed by atoms with Crippen molar-refractivity contribution in [1.82, 2.24) is 14.8 Å². The van der Waals surface area contributed by atoms with Gasteiger partial charge in [0, 0.05) is 13.2 Å². The molecule has 2 aromatic rings. The zero-order valence-corrected chi connectivity index (χ0v) is 12.3. The van der Waals surface area contributed by atoms with Crippen LogP contribution in [0.15, 0.2) is 6.20 Å². The van der Waals surface area contributed by atoms with Crippen molar-refractivity contribution in [2.75, 3.05) is 12.4 Å². The molecule has 102 valence electrons. The summed E-state index contributed by atoms with van der Waals surface area (Å²) in [6, 6.07) is 0. The van der Waals surface area contributed by atoms with E-state index in [2.05, 4.69) is 20.1 Å². The van der Waals surface area contributed by atoms with Crippen LogP contribution in [0.25, 0.3) is 0 Å². The van der Waals surface area contributed by atoms with E-state index >= 15 is 0 Å². The molecule has 0 radical (unpaired) electrons. The summed E-state index contributed by atoms with van der Waals surface area (Å²) in [7, 11) is 3.15. The van der Waals surface area contributed by atoms with Gasteiger partial charge in [-0.2, -0.15) is 5.10 Å². The van der Waals surface area contributed by atoms with Gasteiger partial charge in [0.1, 0.15) is 0 Å². The lowest BCUT2D eigenvalue weighted by molar-refractivity contribution is 0.0606. The van der Waals surface area contributed by atoms with E-state index in [1.165, 1.54) is 7.11 Å². The predicted octanol–water partition coefficient (Wildman–Crippen LogP) is 2.62. The number of hydrogen-bond donors (Lipinski definition) is 1. The number of nitrogens with zero attached hydrogens (tertiary/aromatic N) is 3. The summed E-state index contributed by atoms with van der Waals surface area (Å²) in [5.74, 6) is -0.488. The molecule has 19 heavy (non-hydrogen) atoms. The number of nitrogens with one attached hydrogen (secondary N) is 1. The van der Waals surface area contributed by atoms with Gasteiger partial charge in [0.2, 0.25) is 0 Å². The highest BCUT2D eigenvalue weighted by molar-refractivity contribution is 7.18. The molecule has 2 rings (SSSR count). The number of halogens is 1. The maximum absolute atomic E-state index is 11.4. The summed E-state index contributed by atoms with van der Waals surface area (Å²) < 4.78 is 6.35. The molecule has 0 fully saturated rings. The van der Waals surface area contributed by atoms with Gasteiger partial charge in [-0.15, -0.1) is 0 Å². The Hall–Kier alpha value is -1.60. The van der Waals surface area contributed by atoms with E-state index in [0.29, 0.717) is 5.13 Å². The Labute approximate surface area is 119 Å². The van der Waals surface area contributed by atoms with E-state index < -0.39 is 5.97 Å². The number of methoxy groups -OCH3 is 1. The molecule has 0 bridgehead atoms. The Balaban J connectivity index is 2.26. The first-order chi connectivity index (χ1) is 9.05. The number of aromatic nitrogens is 3. The standard InChI is InChI=1S/C11H13ClN4O2S/c1-4-6-7(5-16(2)15-6)13-11-14-9(12)8(19-11)10(17)18-3/h5H,4H2,1-3H3,(H,13,14). The van der Waals surface area contributed by atoms with E-state index in [1.54, 1.807) is 4.68 Å². The maximum Gasteiger partial charge on any atom is 0.351 e. The molecule has 0 unspecified atom stereocenters. The van der Waals surface area contributed by atoms with Crippen LogP contribution >= 0.6 is 22.9 Å². The molecular weight excluding hydrogens is 288 g/mol. The molecule has 2 heterocycles. The fourth-order valence-electron chi connectivity index (χ4n) is 1.59. The van der Waals surface area contributed by atoms with Gasteiger partial charge in [0.15, 0.2) is 15.2 Å². The number of hydrogen-bond acceptors (Lipinski definition) is 6. The second kappa shape index (κ2) is 5.58. The van der Waals surface area contributed by atoms with Crippen LogP contribution in [0.4, 0.5) is 10.8 Å². The summed E-state index contributed by atoms with van der Waals surface area (Å²) in [5, 5.41) is 8.10. The predicted molar refractivity (Wildman–Crippen MR) is 74.3 cm³/mol. The summed E-state index contributed by atoms with van der Waals surface area (Å²) in [5.41, 5.74) is 1.78. The molecule has 0 aliphatic heterocycles. The summed E-state index contributed by atoms with van der Waals surface area (Å²) >= 11 is 7.05. The number of aryl methyl sites for hydroxylation is 2. The van der Waals surface area contributed by atoms with Crippen molar-refractivity contribution >= 4 is 39.7 Å². The lowest BCUT2D eigenvalue weighted by atomic mass is 10.3. The van der Waals surface area contributed by atoms with Gasteiger partial charge in [-0.05, 0) is 6.42 Å². The van der Waals surface area contributed by atoms with Crippen molar-refractivity contribution in [3.8, 4) is 0 Å². The van der Waals surface area contributed by atoms with Crippen LogP contribution in [0.3, 0.4) is 0 Å². The molecule has 2 aromatic heterocycles. The largest absolute Gasteiger partial charge is 0.465 e. The van der Waals surface area contributed by atoms with E-state index in [9.17, 15) is 4.79 Å². The number of ether oxygens (including phenoxy) is 1. The fourth-order valence-corrected chi connectivity index (χ4v) is 2.70. The molecule has 8 heteroatoms. The van der Waals surface area contributed by atoms with Gasteiger partial charge < -0.3 is 10.1 Å². The smallest absolute Gasteiger partial charge is 0.351 e. The van der Waals surface area contributed by atoms with Crippen LogP contribution in [0.5, 0.6) is 0 Å². The zero-order chi connectivity index (χ0) is 14.0. The molecule has 1 N–H and O–H groups in total. The Kier molecular flexibility index (Phi) is 4.06. The molecule has 0 amide bonds. The third-order valence-electron chi connectivity index (χ3n) is 2.44. The van der Waals surface area contributed by atoms with E-state index in [1.807, 2.05) is 20.2 Å². The Morgan fingerprint density at radius 2 is 2.37 bits per heavy atom. The summed E-state index contributed by atoms with van der Waals surface area (Å²) in [6.07, 6.45) is 2.65. The first kappa shape index (κ1) is 13.8. The first-order valence-corrected chi connectivity index (χ1v) is 6.78. The molecule has 0 aliphatic carbocycles. The number of anilines is 2. The molecule has 6 nitrogen and oxygen atoms in total. The van der Waals surface area contributed by atoms with Crippen LogP contribution < -0.4 is 5.32 Å². The SMILES string of the molecule is CCc1nn(C)cc1Nc1nc(Cl)c(C(=O)OC)s1. The van der Waals surface area contributed by atoms with Gasteiger partial charge in [-0.1, -0.05) is 29.9 Å². The highest BCUT2D eigenvalue weighted by Crippen LogP contribution is 2.30. The first-order valence-electron chi connectivity index (χ1n) is 5.59. The number of esters is 1. The summed E-state index contributed by atoms with van der Waals surface area (Å²) in [4.78, 5) is 15.8. The van der Waals surface area contributed by atoms with Gasteiger partial charge in [0.25, 0.3) is 0 Å². The van der Waals surface area contributed by atoms with Crippen LogP contribution in [0, 0.1) is 0 Å². The monoisotopic (exact) mass is 300 g/mol. The minimum atomic E-state index is -0.488. The Bertz CT molecular complexity index is 608. The van der Waals surface area contributed by atoms with Gasteiger partial charge >= 0.3 is 5.97 Å². The third kappa shape index (κ3) is 2.87. The van der Waals surface area contributed by atoms with Crippen molar-refractivity contribution in [1.29, 1.82) is 0 Å². The van der Waals surface area contributed by atoms with Crippen LogP contribution in [-0.2, 0) is 18.2 Å². The maximum atomic E-state index is 11.4. The topological polar surface area (TPSA) is 69.0 Å². The van der Waals surface area contributed by atoms with Crippen molar-refractivity contribution in [3.05, 3.63) is 21.9 Å². The van der Waals surface area contributed by atoms with Gasteiger partial charge in [0.05, 0.1) is 18.5 Å². The highest BCUT2D eigenvalue weighted by Gasteiger charge is 2.18. The lowest BCUT2D eigenvalue weighted by Gasteiger charge is -1.99.